The van der Waals surface area contributed by atoms with Crippen molar-refractivity contribution in [2.45, 2.75) is 6.18 Å². The van der Waals surface area contributed by atoms with Crippen LogP contribution in [0, 0.1) is 0 Å². The van der Waals surface area contributed by atoms with E-state index < -0.39 is 35.1 Å². The van der Waals surface area contributed by atoms with Crippen molar-refractivity contribution in [2.24, 2.45) is 0 Å². The number of likely N-dealkylation sites (N-methyl/N-ethyl adjacent to an activating group) is 1. The topological polar surface area (TPSA) is 80.1 Å². The molecule has 1 aromatic heterocycles. The highest BCUT2D eigenvalue weighted by molar-refractivity contribution is 6.31. The summed E-state index contributed by atoms with van der Waals surface area (Å²) in [7, 11) is 1.37. The van der Waals surface area contributed by atoms with E-state index in [1.165, 1.54) is 24.1 Å². The van der Waals surface area contributed by atoms with Crippen LogP contribution in [0.2, 0.25) is 5.02 Å². The Labute approximate surface area is 174 Å². The van der Waals surface area contributed by atoms with Crippen LogP contribution in [0.4, 0.5) is 18.9 Å². The summed E-state index contributed by atoms with van der Waals surface area (Å²) in [6, 6.07) is 11.9. The van der Waals surface area contributed by atoms with Gasteiger partial charge in [0.2, 0.25) is 5.91 Å². The van der Waals surface area contributed by atoms with E-state index in [0.717, 1.165) is 17.0 Å². The lowest BCUT2D eigenvalue weighted by Gasteiger charge is -2.16. The highest BCUT2D eigenvalue weighted by atomic mass is 35.5. The number of hydrogen-bond donors (Lipinski definition) is 1. The fourth-order valence-electron chi connectivity index (χ4n) is 2.55. The van der Waals surface area contributed by atoms with Crippen molar-refractivity contribution in [1.82, 2.24) is 19.9 Å². The van der Waals surface area contributed by atoms with Gasteiger partial charge in [-0.25, -0.2) is 0 Å². The van der Waals surface area contributed by atoms with Crippen LogP contribution >= 0.6 is 11.6 Å². The molecule has 1 heterocycles. The van der Waals surface area contributed by atoms with Crippen LogP contribution in [-0.2, 0) is 11.0 Å². The van der Waals surface area contributed by atoms with Gasteiger partial charge in [0.15, 0.2) is 5.69 Å². The van der Waals surface area contributed by atoms with Crippen molar-refractivity contribution in [3.8, 4) is 5.69 Å². The van der Waals surface area contributed by atoms with E-state index >= 15 is 0 Å². The molecule has 156 valence electrons. The maximum absolute atomic E-state index is 12.9. The average molecular weight is 438 g/mol. The van der Waals surface area contributed by atoms with Gasteiger partial charge >= 0.3 is 6.18 Å². The lowest BCUT2D eigenvalue weighted by Crippen LogP contribution is -2.35. The average Bonchev–Trinajstić information content (AvgIpc) is 3.18. The van der Waals surface area contributed by atoms with E-state index in [0.29, 0.717) is 5.69 Å². The Bertz CT molecular complexity index is 1070. The number of nitrogens with one attached hydrogen (secondary N) is 1. The van der Waals surface area contributed by atoms with Gasteiger partial charge in [0.05, 0.1) is 29.0 Å². The fourth-order valence-corrected chi connectivity index (χ4v) is 2.78. The van der Waals surface area contributed by atoms with Crippen molar-refractivity contribution in [2.75, 3.05) is 18.9 Å². The SMILES string of the molecule is CN(CC(=O)Nc1ccc(Cl)c(C(F)(F)F)c1)C(=O)c1cnn(-c2ccccc2)n1. The minimum atomic E-state index is -4.66. The predicted molar refractivity (Wildman–Crippen MR) is 103 cm³/mol. The van der Waals surface area contributed by atoms with Crippen molar-refractivity contribution < 1.29 is 22.8 Å². The van der Waals surface area contributed by atoms with Gasteiger partial charge < -0.3 is 10.2 Å². The molecule has 0 fully saturated rings. The van der Waals surface area contributed by atoms with Gasteiger partial charge in [0, 0.05) is 12.7 Å². The highest BCUT2D eigenvalue weighted by Gasteiger charge is 2.33. The first kappa shape index (κ1) is 21.3. The number of rotatable bonds is 5. The largest absolute Gasteiger partial charge is 0.417 e. The summed E-state index contributed by atoms with van der Waals surface area (Å²) >= 11 is 5.56. The minimum absolute atomic E-state index is 0.0139. The molecule has 7 nitrogen and oxygen atoms in total. The number of amides is 2. The molecule has 0 aliphatic heterocycles. The molecule has 0 aliphatic rings. The number of anilines is 1. The third-order valence-electron chi connectivity index (χ3n) is 3.98. The van der Waals surface area contributed by atoms with Gasteiger partial charge in [-0.1, -0.05) is 29.8 Å². The second kappa shape index (κ2) is 8.54. The second-order valence-electron chi connectivity index (χ2n) is 6.26. The fraction of sp³-hybridized carbons (Fsp3) is 0.158. The van der Waals surface area contributed by atoms with Crippen LogP contribution in [0.1, 0.15) is 16.1 Å². The zero-order valence-electron chi connectivity index (χ0n) is 15.5. The number of aromatic nitrogens is 3. The molecule has 0 aliphatic carbocycles. The van der Waals surface area contributed by atoms with Gasteiger partial charge in [-0.05, 0) is 30.3 Å². The number of carbonyl (C=O) groups is 2. The summed E-state index contributed by atoms with van der Waals surface area (Å²) in [6.07, 6.45) is -3.40. The second-order valence-corrected chi connectivity index (χ2v) is 6.66. The predicted octanol–water partition coefficient (Wildman–Crippen LogP) is 3.65. The number of para-hydroxylation sites is 1. The summed E-state index contributed by atoms with van der Waals surface area (Å²) in [4.78, 5) is 27.0. The molecule has 0 radical (unpaired) electrons. The van der Waals surface area contributed by atoms with Crippen molar-refractivity contribution in [3.05, 3.63) is 71.0 Å². The van der Waals surface area contributed by atoms with Crippen molar-refractivity contribution >= 4 is 29.1 Å². The summed E-state index contributed by atoms with van der Waals surface area (Å²) in [5, 5.41) is 9.94. The van der Waals surface area contributed by atoms with Crippen LogP contribution in [0.25, 0.3) is 5.69 Å². The molecular formula is C19H15ClF3N5O2. The van der Waals surface area contributed by atoms with Crippen LogP contribution in [0.5, 0.6) is 0 Å². The quantitative estimate of drug-likeness (QED) is 0.660. The maximum atomic E-state index is 12.9. The van der Waals surface area contributed by atoms with Crippen LogP contribution in [0.15, 0.2) is 54.7 Å². The van der Waals surface area contributed by atoms with Gasteiger partial charge in [-0.3, -0.25) is 9.59 Å². The Morgan fingerprint density at radius 1 is 1.17 bits per heavy atom. The van der Waals surface area contributed by atoms with E-state index in [9.17, 15) is 22.8 Å². The monoisotopic (exact) mass is 437 g/mol. The molecule has 0 bridgehead atoms. The molecule has 0 atom stereocenters. The number of nitrogens with zero attached hydrogens (tertiary/aromatic N) is 4. The number of alkyl halides is 3. The number of carbonyl (C=O) groups excluding carboxylic acids is 2. The highest BCUT2D eigenvalue weighted by Crippen LogP contribution is 2.36. The number of halogens is 4. The summed E-state index contributed by atoms with van der Waals surface area (Å²) < 4.78 is 38.8. The first-order valence-corrected chi connectivity index (χ1v) is 8.93. The molecule has 0 spiro atoms. The molecule has 30 heavy (non-hydrogen) atoms. The summed E-state index contributed by atoms with van der Waals surface area (Å²) in [5.41, 5.74) is -0.489. The first-order chi connectivity index (χ1) is 14.1. The van der Waals surface area contributed by atoms with Crippen molar-refractivity contribution in [3.63, 3.8) is 0 Å². The molecule has 2 amide bonds. The Hall–Kier alpha value is -3.40. The van der Waals surface area contributed by atoms with Gasteiger partial charge in [0.1, 0.15) is 0 Å². The van der Waals surface area contributed by atoms with Crippen LogP contribution in [0.3, 0.4) is 0 Å². The number of hydrogen-bond acceptors (Lipinski definition) is 4. The van der Waals surface area contributed by atoms with Gasteiger partial charge in [-0.2, -0.15) is 23.1 Å². The van der Waals surface area contributed by atoms with Crippen molar-refractivity contribution in [1.29, 1.82) is 0 Å². The van der Waals surface area contributed by atoms with E-state index in [-0.39, 0.29) is 11.4 Å². The number of benzene rings is 2. The standard InChI is InChI=1S/C19H15ClF3N5O2/c1-27(18(30)16-10-24-28(26-16)13-5-3-2-4-6-13)11-17(29)25-12-7-8-15(20)14(9-12)19(21,22)23/h2-10H,11H2,1H3,(H,25,29). The van der Waals surface area contributed by atoms with Gasteiger partial charge in [0.25, 0.3) is 5.91 Å². The normalized spacial score (nSPS) is 11.2. The smallest absolute Gasteiger partial charge is 0.331 e. The third kappa shape index (κ3) is 4.95. The molecule has 0 saturated heterocycles. The van der Waals surface area contributed by atoms with Gasteiger partial charge in [-0.15, -0.1) is 5.10 Å². The molecule has 0 saturated carbocycles. The molecule has 1 N–H and O–H groups in total. The molecule has 0 unspecified atom stereocenters. The van der Waals surface area contributed by atoms with E-state index in [1.807, 2.05) is 6.07 Å². The zero-order valence-corrected chi connectivity index (χ0v) is 16.3. The van der Waals surface area contributed by atoms with Crippen LogP contribution < -0.4 is 5.32 Å². The van der Waals surface area contributed by atoms with E-state index in [1.54, 1.807) is 24.3 Å². The first-order valence-electron chi connectivity index (χ1n) is 8.55. The molecular weight excluding hydrogens is 423 g/mol. The van der Waals surface area contributed by atoms with E-state index in [2.05, 4.69) is 15.5 Å². The minimum Gasteiger partial charge on any atom is -0.331 e. The Kier molecular flexibility index (Phi) is 6.06. The summed E-state index contributed by atoms with van der Waals surface area (Å²) in [6.45, 7) is -0.402. The zero-order chi connectivity index (χ0) is 21.9. The van der Waals surface area contributed by atoms with E-state index in [4.69, 9.17) is 11.6 Å². The Balaban J connectivity index is 1.65. The maximum Gasteiger partial charge on any atom is 0.417 e. The Morgan fingerprint density at radius 2 is 1.87 bits per heavy atom. The lowest BCUT2D eigenvalue weighted by atomic mass is 10.2. The summed E-state index contributed by atoms with van der Waals surface area (Å²) in [5.74, 6) is -1.25. The molecule has 11 heteroatoms. The molecule has 3 aromatic rings. The third-order valence-corrected chi connectivity index (χ3v) is 4.31. The molecule has 2 aromatic carbocycles. The Morgan fingerprint density at radius 3 is 2.53 bits per heavy atom. The lowest BCUT2D eigenvalue weighted by molar-refractivity contribution is -0.137. The molecule has 3 rings (SSSR count). The van der Waals surface area contributed by atoms with Crippen LogP contribution in [-0.4, -0.2) is 45.3 Å².